The van der Waals surface area contributed by atoms with E-state index in [-0.39, 0.29) is 5.38 Å². The van der Waals surface area contributed by atoms with E-state index in [2.05, 4.69) is 20.4 Å². The number of halogens is 1. The second-order valence-electron chi connectivity index (χ2n) is 4.58. The lowest BCUT2D eigenvalue weighted by atomic mass is 10.1. The second kappa shape index (κ2) is 5.09. The maximum atomic E-state index is 6.22. The minimum Gasteiger partial charge on any atom is -0.340 e. The van der Waals surface area contributed by atoms with Gasteiger partial charge in [-0.3, -0.25) is 0 Å². The van der Waals surface area contributed by atoms with E-state index in [0.29, 0.717) is 5.78 Å². The van der Waals surface area contributed by atoms with Crippen LogP contribution in [-0.2, 0) is 0 Å². The molecule has 0 saturated heterocycles. The van der Waals surface area contributed by atoms with Crippen molar-refractivity contribution in [3.63, 3.8) is 0 Å². The van der Waals surface area contributed by atoms with Crippen LogP contribution in [0.15, 0.2) is 36.7 Å². The second-order valence-corrected chi connectivity index (χ2v) is 5.24. The summed E-state index contributed by atoms with van der Waals surface area (Å²) in [4.78, 5) is 8.43. The number of alkyl halides is 1. The van der Waals surface area contributed by atoms with E-state index in [0.717, 1.165) is 22.8 Å². The first-order valence-corrected chi connectivity index (χ1v) is 6.76. The smallest absolute Gasteiger partial charge is 0.254 e. The van der Waals surface area contributed by atoms with Gasteiger partial charge in [-0.15, -0.1) is 11.6 Å². The zero-order valence-corrected chi connectivity index (χ0v) is 12.0. The Kier molecular flexibility index (Phi) is 3.28. The van der Waals surface area contributed by atoms with E-state index in [1.54, 1.807) is 4.52 Å². The zero-order valence-electron chi connectivity index (χ0n) is 11.2. The Balaban J connectivity index is 2.08. The monoisotopic (exact) mass is 287 g/mol. The van der Waals surface area contributed by atoms with E-state index in [1.807, 2.05) is 44.2 Å². The van der Waals surface area contributed by atoms with Crippen molar-refractivity contribution in [1.82, 2.24) is 19.6 Å². The highest BCUT2D eigenvalue weighted by Gasteiger charge is 2.10. The zero-order chi connectivity index (χ0) is 14.1. The Morgan fingerprint density at radius 3 is 2.90 bits per heavy atom. The molecule has 0 fully saturated rings. The molecule has 102 valence electrons. The van der Waals surface area contributed by atoms with Crippen molar-refractivity contribution in [2.24, 2.45) is 0 Å². The van der Waals surface area contributed by atoms with Gasteiger partial charge in [0.05, 0.1) is 5.38 Å². The van der Waals surface area contributed by atoms with Gasteiger partial charge in [-0.25, -0.2) is 4.98 Å². The summed E-state index contributed by atoms with van der Waals surface area (Å²) in [6.45, 7) is 3.88. The fraction of sp³-hybridized carbons (Fsp3) is 0.214. The summed E-state index contributed by atoms with van der Waals surface area (Å²) in [6.07, 6.45) is 1.49. The van der Waals surface area contributed by atoms with Crippen LogP contribution in [0.3, 0.4) is 0 Å². The van der Waals surface area contributed by atoms with Crippen LogP contribution in [-0.4, -0.2) is 19.6 Å². The summed E-state index contributed by atoms with van der Waals surface area (Å²) in [7, 11) is 0. The predicted molar refractivity (Wildman–Crippen MR) is 79.5 cm³/mol. The predicted octanol–water partition coefficient (Wildman–Crippen LogP) is 3.48. The minimum absolute atomic E-state index is 0.0760. The SMILES string of the molecule is Cc1cc(Nc2ccccc2C(C)Cl)n2ncnc2n1. The average molecular weight is 288 g/mol. The number of nitrogens with zero attached hydrogens (tertiary/aromatic N) is 4. The molecule has 20 heavy (non-hydrogen) atoms. The van der Waals surface area contributed by atoms with Crippen LogP contribution >= 0.6 is 11.6 Å². The van der Waals surface area contributed by atoms with Gasteiger partial charge in [0.25, 0.3) is 5.78 Å². The first-order chi connectivity index (χ1) is 9.65. The molecule has 3 aromatic rings. The van der Waals surface area contributed by atoms with Crippen LogP contribution in [0.1, 0.15) is 23.6 Å². The minimum atomic E-state index is -0.0760. The number of nitrogens with one attached hydrogen (secondary N) is 1. The summed E-state index contributed by atoms with van der Waals surface area (Å²) in [5.74, 6) is 1.39. The number of para-hydroxylation sites is 1. The topological polar surface area (TPSA) is 55.1 Å². The van der Waals surface area contributed by atoms with Gasteiger partial charge < -0.3 is 5.32 Å². The van der Waals surface area contributed by atoms with Gasteiger partial charge in [-0.2, -0.15) is 14.6 Å². The molecule has 0 aliphatic rings. The average Bonchev–Trinajstić information content (AvgIpc) is 2.87. The molecule has 0 bridgehead atoms. The Morgan fingerprint density at radius 2 is 2.10 bits per heavy atom. The van der Waals surface area contributed by atoms with E-state index in [4.69, 9.17) is 11.6 Å². The summed E-state index contributed by atoms with van der Waals surface area (Å²) in [6, 6.07) is 9.87. The van der Waals surface area contributed by atoms with Crippen LogP contribution in [0.25, 0.3) is 5.78 Å². The number of hydrogen-bond acceptors (Lipinski definition) is 4. The highest BCUT2D eigenvalue weighted by molar-refractivity contribution is 6.21. The molecular weight excluding hydrogens is 274 g/mol. The van der Waals surface area contributed by atoms with Crippen LogP contribution < -0.4 is 5.32 Å². The molecule has 0 aliphatic heterocycles. The lowest BCUT2D eigenvalue weighted by Crippen LogP contribution is -2.04. The third-order valence-electron chi connectivity index (χ3n) is 3.03. The Bertz CT molecular complexity index is 750. The van der Waals surface area contributed by atoms with Gasteiger partial charge >= 0.3 is 0 Å². The molecule has 5 nitrogen and oxygen atoms in total. The molecule has 3 rings (SSSR count). The number of aryl methyl sites for hydroxylation is 1. The number of aromatic nitrogens is 4. The highest BCUT2D eigenvalue weighted by atomic mass is 35.5. The van der Waals surface area contributed by atoms with Crippen LogP contribution in [0, 0.1) is 6.92 Å². The molecule has 1 N–H and O–H groups in total. The number of benzene rings is 1. The van der Waals surface area contributed by atoms with Gasteiger partial charge in [-0.05, 0) is 25.5 Å². The van der Waals surface area contributed by atoms with Crippen molar-refractivity contribution >= 4 is 28.9 Å². The molecule has 2 heterocycles. The van der Waals surface area contributed by atoms with Crippen LogP contribution in [0.2, 0.25) is 0 Å². The number of hydrogen-bond donors (Lipinski definition) is 1. The molecule has 1 unspecified atom stereocenters. The largest absolute Gasteiger partial charge is 0.340 e. The molecule has 6 heteroatoms. The normalized spacial score (nSPS) is 12.6. The fourth-order valence-electron chi connectivity index (χ4n) is 2.12. The third kappa shape index (κ3) is 2.32. The standard InChI is InChI=1S/C14H14ClN5/c1-9-7-13(20-14(18-9)16-8-17-20)19-12-6-4-3-5-11(12)10(2)15/h3-8,10,19H,1-2H3. The van der Waals surface area contributed by atoms with Crippen molar-refractivity contribution in [3.05, 3.63) is 47.9 Å². The van der Waals surface area contributed by atoms with Gasteiger partial charge in [0.2, 0.25) is 0 Å². The maximum Gasteiger partial charge on any atom is 0.254 e. The molecule has 0 amide bonds. The Labute approximate surface area is 121 Å². The Hall–Kier alpha value is -2.14. The Morgan fingerprint density at radius 1 is 1.30 bits per heavy atom. The number of anilines is 2. The van der Waals surface area contributed by atoms with Gasteiger partial charge in [0.15, 0.2) is 0 Å². The van der Waals surface area contributed by atoms with Crippen molar-refractivity contribution in [2.45, 2.75) is 19.2 Å². The van der Waals surface area contributed by atoms with Crippen molar-refractivity contribution < 1.29 is 0 Å². The van der Waals surface area contributed by atoms with Crippen LogP contribution in [0.4, 0.5) is 11.5 Å². The molecule has 0 saturated carbocycles. The van der Waals surface area contributed by atoms with E-state index in [1.165, 1.54) is 6.33 Å². The molecular formula is C14H14ClN5. The molecule has 0 radical (unpaired) electrons. The molecule has 0 spiro atoms. The van der Waals surface area contributed by atoms with Crippen molar-refractivity contribution in [3.8, 4) is 0 Å². The third-order valence-corrected chi connectivity index (χ3v) is 3.27. The summed E-state index contributed by atoms with van der Waals surface area (Å²) in [5.41, 5.74) is 2.87. The lowest BCUT2D eigenvalue weighted by Gasteiger charge is -2.14. The number of rotatable bonds is 3. The van der Waals surface area contributed by atoms with E-state index >= 15 is 0 Å². The maximum absolute atomic E-state index is 6.22. The van der Waals surface area contributed by atoms with Crippen LogP contribution in [0.5, 0.6) is 0 Å². The summed E-state index contributed by atoms with van der Waals surface area (Å²) >= 11 is 6.22. The van der Waals surface area contributed by atoms with Gasteiger partial charge in [0, 0.05) is 17.4 Å². The van der Waals surface area contributed by atoms with E-state index in [9.17, 15) is 0 Å². The fourth-order valence-corrected chi connectivity index (χ4v) is 2.31. The molecule has 2 aromatic heterocycles. The van der Waals surface area contributed by atoms with Gasteiger partial charge in [-0.1, -0.05) is 18.2 Å². The molecule has 0 aliphatic carbocycles. The lowest BCUT2D eigenvalue weighted by molar-refractivity contribution is 0.935. The van der Waals surface area contributed by atoms with Crippen molar-refractivity contribution in [2.75, 3.05) is 5.32 Å². The first kappa shape index (κ1) is 12.9. The molecule has 1 aromatic carbocycles. The summed E-state index contributed by atoms with van der Waals surface area (Å²) in [5, 5.41) is 7.46. The van der Waals surface area contributed by atoms with Crippen molar-refractivity contribution in [1.29, 1.82) is 0 Å². The highest BCUT2D eigenvalue weighted by Crippen LogP contribution is 2.29. The molecule has 1 atom stereocenters. The quantitative estimate of drug-likeness (QED) is 0.749. The number of fused-ring (bicyclic) bond motifs is 1. The first-order valence-electron chi connectivity index (χ1n) is 6.32. The van der Waals surface area contributed by atoms with E-state index < -0.39 is 0 Å². The van der Waals surface area contributed by atoms with Gasteiger partial charge in [0.1, 0.15) is 12.1 Å². The summed E-state index contributed by atoms with van der Waals surface area (Å²) < 4.78 is 1.67.